The van der Waals surface area contributed by atoms with Crippen molar-refractivity contribution < 1.29 is 19.4 Å². The summed E-state index contributed by atoms with van der Waals surface area (Å²) in [4.78, 5) is 23.5. The van der Waals surface area contributed by atoms with Gasteiger partial charge in [-0.2, -0.15) is 0 Å². The first-order valence-corrected chi connectivity index (χ1v) is 5.16. The van der Waals surface area contributed by atoms with Crippen LogP contribution in [-0.4, -0.2) is 41.3 Å². The van der Waals surface area contributed by atoms with Crippen LogP contribution in [0.3, 0.4) is 0 Å². The topological polar surface area (TPSA) is 66.8 Å². The van der Waals surface area contributed by atoms with Crippen molar-refractivity contribution in [3.8, 4) is 0 Å². The van der Waals surface area contributed by atoms with Gasteiger partial charge in [0.25, 0.3) is 0 Å². The molecule has 0 spiro atoms. The zero-order valence-electron chi connectivity index (χ0n) is 9.77. The third-order valence-electron chi connectivity index (χ3n) is 2.22. The molecule has 1 N–H and O–H groups in total. The van der Waals surface area contributed by atoms with Crippen molar-refractivity contribution in [3.05, 3.63) is 12.2 Å². The summed E-state index contributed by atoms with van der Waals surface area (Å²) in [6.45, 7) is 5.83. The fourth-order valence-electron chi connectivity index (χ4n) is 1.24. The average molecular weight is 227 g/mol. The van der Waals surface area contributed by atoms with Crippen molar-refractivity contribution >= 4 is 12.1 Å². The van der Waals surface area contributed by atoms with Crippen molar-refractivity contribution in [3.63, 3.8) is 0 Å². The third kappa shape index (κ3) is 3.25. The summed E-state index contributed by atoms with van der Waals surface area (Å²) in [6.07, 6.45) is 1.94. The fourth-order valence-corrected chi connectivity index (χ4v) is 1.24. The summed E-state index contributed by atoms with van der Waals surface area (Å²) in [5, 5.41) is 8.80. The molecule has 0 saturated heterocycles. The van der Waals surface area contributed by atoms with Gasteiger partial charge in [-0.25, -0.2) is 4.79 Å². The number of esters is 1. The molecule has 0 saturated carbocycles. The van der Waals surface area contributed by atoms with Gasteiger partial charge in [0.2, 0.25) is 0 Å². The van der Waals surface area contributed by atoms with Crippen LogP contribution in [-0.2, 0) is 9.53 Å². The van der Waals surface area contributed by atoms with Crippen LogP contribution in [0.1, 0.15) is 20.8 Å². The number of carboxylic acid groups (broad SMARTS) is 1. The Bertz CT molecular complexity index is 316. The molecular formula is C11H17NO4. The predicted molar refractivity (Wildman–Crippen MR) is 58.1 cm³/mol. The van der Waals surface area contributed by atoms with Crippen LogP contribution in [0.4, 0.5) is 4.79 Å². The maximum Gasteiger partial charge on any atom is 0.407 e. The van der Waals surface area contributed by atoms with E-state index in [1.807, 2.05) is 0 Å². The highest BCUT2D eigenvalue weighted by Crippen LogP contribution is 2.18. The van der Waals surface area contributed by atoms with E-state index >= 15 is 0 Å². The minimum atomic E-state index is -0.999. The molecule has 1 atom stereocenters. The molecule has 0 aromatic heterocycles. The van der Waals surface area contributed by atoms with Crippen LogP contribution in [0.15, 0.2) is 12.2 Å². The lowest BCUT2D eigenvalue weighted by atomic mass is 9.97. The lowest BCUT2D eigenvalue weighted by molar-refractivity contribution is -0.157. The highest BCUT2D eigenvalue weighted by atomic mass is 16.5. The van der Waals surface area contributed by atoms with Crippen LogP contribution in [0, 0.1) is 5.41 Å². The van der Waals surface area contributed by atoms with E-state index in [0.717, 1.165) is 0 Å². The molecule has 0 radical (unpaired) electrons. The van der Waals surface area contributed by atoms with Crippen molar-refractivity contribution in [2.45, 2.75) is 26.9 Å². The quantitative estimate of drug-likeness (QED) is 0.544. The molecule has 0 unspecified atom stereocenters. The fraction of sp³-hybridized carbons (Fsp3) is 0.636. The lowest BCUT2D eigenvalue weighted by Gasteiger charge is -2.28. The zero-order chi connectivity index (χ0) is 12.3. The van der Waals surface area contributed by atoms with E-state index in [0.29, 0.717) is 6.54 Å². The standard InChI is InChI=1S/C11H17NO4/c1-11(2,3)9(13)16-8-5-4-6-12(7-8)10(14)15/h4-5,8H,6-7H2,1-3H3,(H,14,15)/t8-/m1/s1. The number of carbonyl (C=O) groups is 2. The summed E-state index contributed by atoms with van der Waals surface area (Å²) in [5.74, 6) is -0.325. The first-order valence-electron chi connectivity index (χ1n) is 5.16. The molecule has 5 heteroatoms. The van der Waals surface area contributed by atoms with E-state index in [-0.39, 0.29) is 12.5 Å². The van der Waals surface area contributed by atoms with Crippen molar-refractivity contribution in [1.82, 2.24) is 4.90 Å². The largest absolute Gasteiger partial charge is 0.465 e. The van der Waals surface area contributed by atoms with Gasteiger partial charge in [-0.1, -0.05) is 6.08 Å². The second-order valence-electron chi connectivity index (χ2n) is 4.81. The average Bonchev–Trinajstić information content (AvgIpc) is 2.16. The molecule has 0 aliphatic carbocycles. The number of hydrogen-bond acceptors (Lipinski definition) is 3. The van der Waals surface area contributed by atoms with Gasteiger partial charge < -0.3 is 14.7 Å². The second kappa shape index (κ2) is 4.55. The zero-order valence-corrected chi connectivity index (χ0v) is 9.77. The molecule has 5 nitrogen and oxygen atoms in total. The summed E-state index contributed by atoms with van der Waals surface area (Å²) in [7, 11) is 0. The highest BCUT2D eigenvalue weighted by Gasteiger charge is 2.28. The van der Waals surface area contributed by atoms with Gasteiger partial charge in [-0.15, -0.1) is 0 Å². The molecule has 90 valence electrons. The van der Waals surface area contributed by atoms with Gasteiger partial charge in [0.15, 0.2) is 0 Å². The SMILES string of the molecule is CC(C)(C)C(=O)O[C@@H]1C=CCN(C(=O)O)C1. The Morgan fingerprint density at radius 1 is 1.44 bits per heavy atom. The summed E-state index contributed by atoms with van der Waals surface area (Å²) >= 11 is 0. The molecular weight excluding hydrogens is 210 g/mol. The van der Waals surface area contributed by atoms with E-state index in [1.165, 1.54) is 4.90 Å². The Morgan fingerprint density at radius 2 is 2.06 bits per heavy atom. The molecule has 1 amide bonds. The highest BCUT2D eigenvalue weighted by molar-refractivity contribution is 5.75. The maximum absolute atomic E-state index is 11.6. The summed E-state index contributed by atoms with van der Waals surface area (Å²) < 4.78 is 5.21. The van der Waals surface area contributed by atoms with Gasteiger partial charge in [0.05, 0.1) is 12.0 Å². The Hall–Kier alpha value is -1.52. The number of carbonyl (C=O) groups excluding carboxylic acids is 1. The van der Waals surface area contributed by atoms with Gasteiger partial charge >= 0.3 is 12.1 Å². The van der Waals surface area contributed by atoms with Crippen LogP contribution in [0.2, 0.25) is 0 Å². The second-order valence-corrected chi connectivity index (χ2v) is 4.81. The van der Waals surface area contributed by atoms with Gasteiger partial charge in [0.1, 0.15) is 6.10 Å². The van der Waals surface area contributed by atoms with E-state index in [9.17, 15) is 9.59 Å². The molecule has 0 aromatic carbocycles. The lowest BCUT2D eigenvalue weighted by Crippen LogP contribution is -2.41. The molecule has 1 aliphatic rings. The first kappa shape index (κ1) is 12.5. The molecule has 0 bridgehead atoms. The van der Waals surface area contributed by atoms with Crippen LogP contribution in [0.25, 0.3) is 0 Å². The number of nitrogens with zero attached hydrogens (tertiary/aromatic N) is 1. The molecule has 0 fully saturated rings. The molecule has 1 aliphatic heterocycles. The van der Waals surface area contributed by atoms with E-state index in [1.54, 1.807) is 32.9 Å². The van der Waals surface area contributed by atoms with Crippen LogP contribution >= 0.6 is 0 Å². The Kier molecular flexibility index (Phi) is 3.57. The normalized spacial score (nSPS) is 20.7. The minimum Gasteiger partial charge on any atom is -0.465 e. The molecule has 1 rings (SSSR count). The third-order valence-corrected chi connectivity index (χ3v) is 2.22. The Labute approximate surface area is 94.7 Å². The number of hydrogen-bond donors (Lipinski definition) is 1. The minimum absolute atomic E-state index is 0.202. The summed E-state index contributed by atoms with van der Waals surface area (Å²) in [6, 6.07) is 0. The van der Waals surface area contributed by atoms with Crippen LogP contribution in [0.5, 0.6) is 0 Å². The number of rotatable bonds is 1. The Morgan fingerprint density at radius 3 is 2.56 bits per heavy atom. The van der Waals surface area contributed by atoms with Gasteiger partial charge in [0, 0.05) is 6.54 Å². The van der Waals surface area contributed by atoms with Crippen molar-refractivity contribution in [1.29, 1.82) is 0 Å². The van der Waals surface area contributed by atoms with Crippen molar-refractivity contribution in [2.24, 2.45) is 5.41 Å². The summed E-state index contributed by atoms with van der Waals surface area (Å²) in [5.41, 5.74) is -0.570. The van der Waals surface area contributed by atoms with Crippen molar-refractivity contribution in [2.75, 3.05) is 13.1 Å². The smallest absolute Gasteiger partial charge is 0.407 e. The van der Waals surface area contributed by atoms with E-state index in [4.69, 9.17) is 9.84 Å². The molecule has 1 heterocycles. The van der Waals surface area contributed by atoms with E-state index in [2.05, 4.69) is 0 Å². The maximum atomic E-state index is 11.6. The molecule has 0 aromatic rings. The number of amides is 1. The van der Waals surface area contributed by atoms with E-state index < -0.39 is 17.6 Å². The predicted octanol–water partition coefficient (Wildman–Crippen LogP) is 1.49. The monoisotopic (exact) mass is 227 g/mol. The number of ether oxygens (including phenoxy) is 1. The van der Waals surface area contributed by atoms with Crippen LogP contribution < -0.4 is 0 Å². The first-order chi connectivity index (χ1) is 7.30. The Balaban J connectivity index is 2.57. The molecule has 16 heavy (non-hydrogen) atoms. The van der Waals surface area contributed by atoms with Gasteiger partial charge in [-0.05, 0) is 26.8 Å². The van der Waals surface area contributed by atoms with Gasteiger partial charge in [-0.3, -0.25) is 4.79 Å².